The first-order valence-electron chi connectivity index (χ1n) is 27.1. The highest BCUT2D eigenvalue weighted by Gasteiger charge is 2.16. The summed E-state index contributed by atoms with van der Waals surface area (Å²) in [6.45, 7) is 3.90. The van der Waals surface area contributed by atoms with E-state index in [0.29, 0.717) is 12.8 Å². The van der Waals surface area contributed by atoms with Crippen LogP contribution in [-0.4, -0.2) is 36.4 Å². The number of rotatable bonds is 48. The smallest absolute Gasteiger partial charge is 0.306 e. The molecule has 0 aliphatic carbocycles. The van der Waals surface area contributed by atoms with E-state index in [4.69, 9.17) is 9.47 Å². The molecule has 0 radical (unpaired) electrons. The van der Waals surface area contributed by atoms with Crippen molar-refractivity contribution in [3.63, 3.8) is 0 Å². The molecule has 0 aromatic heterocycles. The molecule has 0 amide bonds. The van der Waals surface area contributed by atoms with Crippen molar-refractivity contribution in [2.24, 2.45) is 0 Å². The summed E-state index contributed by atoms with van der Waals surface area (Å²) in [4.78, 5) is 24.5. The maximum Gasteiger partial charge on any atom is 0.306 e. The minimum Gasteiger partial charge on any atom is -0.462 e. The zero-order chi connectivity index (χ0) is 47.7. The molecule has 0 rings (SSSR count). The Morgan fingerprint density at radius 2 is 0.606 bits per heavy atom. The minimum absolute atomic E-state index is 0.0793. The number of allylic oxidation sites excluding steroid dienone is 20. The Balaban J connectivity index is 3.54. The Kier molecular flexibility index (Phi) is 52.5. The molecule has 0 bridgehead atoms. The molecule has 1 atom stereocenters. The molecule has 0 aromatic rings. The average molecular weight is 913 g/mol. The van der Waals surface area contributed by atoms with Crippen molar-refractivity contribution in [2.75, 3.05) is 13.2 Å². The van der Waals surface area contributed by atoms with Gasteiger partial charge in [-0.1, -0.05) is 238 Å². The van der Waals surface area contributed by atoms with Crippen LogP contribution in [0.2, 0.25) is 0 Å². The molecule has 374 valence electrons. The highest BCUT2D eigenvalue weighted by atomic mass is 16.6. The summed E-state index contributed by atoms with van der Waals surface area (Å²) in [6.07, 6.45) is 81.6. The van der Waals surface area contributed by atoms with Crippen LogP contribution in [0.15, 0.2) is 122 Å². The predicted octanol–water partition coefficient (Wildman–Crippen LogP) is 18.3. The van der Waals surface area contributed by atoms with Crippen LogP contribution in [-0.2, 0) is 19.1 Å². The molecule has 0 aromatic carbocycles. The van der Waals surface area contributed by atoms with Gasteiger partial charge in [0.1, 0.15) is 6.61 Å². The monoisotopic (exact) mass is 913 g/mol. The van der Waals surface area contributed by atoms with E-state index in [-0.39, 0.29) is 25.2 Å². The number of aliphatic hydroxyl groups excluding tert-OH is 1. The van der Waals surface area contributed by atoms with E-state index in [1.165, 1.54) is 96.3 Å². The zero-order valence-corrected chi connectivity index (χ0v) is 42.7. The van der Waals surface area contributed by atoms with E-state index >= 15 is 0 Å². The van der Waals surface area contributed by atoms with Gasteiger partial charge in [0.05, 0.1) is 6.61 Å². The first-order valence-corrected chi connectivity index (χ1v) is 27.1. The van der Waals surface area contributed by atoms with Crippen LogP contribution in [0, 0.1) is 0 Å². The normalized spacial score (nSPS) is 13.2. The van der Waals surface area contributed by atoms with Crippen LogP contribution in [0.1, 0.15) is 232 Å². The van der Waals surface area contributed by atoms with Gasteiger partial charge in [-0.25, -0.2) is 0 Å². The second-order valence-corrected chi connectivity index (χ2v) is 17.5. The summed E-state index contributed by atoms with van der Waals surface area (Å²) < 4.78 is 10.7. The molecule has 0 fully saturated rings. The summed E-state index contributed by atoms with van der Waals surface area (Å²) in [5.41, 5.74) is 0. The second-order valence-electron chi connectivity index (χ2n) is 17.5. The zero-order valence-electron chi connectivity index (χ0n) is 42.7. The number of carbonyl (C=O) groups excluding carboxylic acids is 2. The molecule has 0 saturated carbocycles. The molecule has 0 saturated heterocycles. The van der Waals surface area contributed by atoms with Gasteiger partial charge in [0.25, 0.3) is 0 Å². The average Bonchev–Trinajstić information content (AvgIpc) is 3.32. The number of unbranched alkanes of at least 4 members (excludes halogenated alkanes) is 20. The van der Waals surface area contributed by atoms with Gasteiger partial charge >= 0.3 is 11.9 Å². The van der Waals surface area contributed by atoms with E-state index < -0.39 is 6.10 Å². The van der Waals surface area contributed by atoms with Crippen LogP contribution in [0.4, 0.5) is 0 Å². The van der Waals surface area contributed by atoms with Gasteiger partial charge in [0.2, 0.25) is 0 Å². The van der Waals surface area contributed by atoms with Crippen molar-refractivity contribution >= 4 is 11.9 Å². The van der Waals surface area contributed by atoms with Gasteiger partial charge in [0, 0.05) is 12.8 Å². The molecule has 0 spiro atoms. The lowest BCUT2D eigenvalue weighted by molar-refractivity contribution is -0.161. The fraction of sp³-hybridized carbons (Fsp3) is 0.639. The van der Waals surface area contributed by atoms with Crippen molar-refractivity contribution in [2.45, 2.75) is 238 Å². The Hall–Kier alpha value is -3.70. The SMILES string of the molecule is CC/C=C\C/C=C\C/C=C\C/C=C\C/C=C\C/C=C\CCCCCCCCCCCCCCCCC(=O)OC(CO)COC(=O)CCCCCCCC/C=C\C/C=C\C/C=C\C/C=C\CC. The number of esters is 2. The van der Waals surface area contributed by atoms with E-state index in [0.717, 1.165) is 109 Å². The maximum atomic E-state index is 12.3. The van der Waals surface area contributed by atoms with E-state index in [1.54, 1.807) is 0 Å². The second kappa shape index (κ2) is 55.6. The summed E-state index contributed by atoms with van der Waals surface area (Å²) in [7, 11) is 0. The molecule has 0 aliphatic heterocycles. The number of aliphatic hydroxyl groups is 1. The topological polar surface area (TPSA) is 72.8 Å². The van der Waals surface area contributed by atoms with Gasteiger partial charge in [-0.3, -0.25) is 9.59 Å². The highest BCUT2D eigenvalue weighted by Crippen LogP contribution is 2.15. The molecular weight excluding hydrogens is 813 g/mol. The molecule has 5 nitrogen and oxygen atoms in total. The van der Waals surface area contributed by atoms with Gasteiger partial charge < -0.3 is 14.6 Å². The van der Waals surface area contributed by atoms with Crippen LogP contribution in [0.5, 0.6) is 0 Å². The van der Waals surface area contributed by atoms with E-state index in [9.17, 15) is 14.7 Å². The summed E-state index contributed by atoms with van der Waals surface area (Å²) in [6, 6.07) is 0. The molecule has 66 heavy (non-hydrogen) atoms. The number of hydrogen-bond acceptors (Lipinski definition) is 5. The number of ether oxygens (including phenoxy) is 2. The van der Waals surface area contributed by atoms with Gasteiger partial charge in [-0.05, 0) is 103 Å². The standard InChI is InChI=1S/C61H100O5/c1-3-5-7-9-11-13-15-17-19-21-23-24-25-26-27-28-29-30-31-32-33-34-35-36-38-40-42-44-46-48-50-52-54-56-61(64)66-59(57-62)58-65-60(63)55-53-51-49-47-45-43-41-39-37-22-20-18-16-14-12-10-8-6-4-2/h5-8,11-14,17-20,23-24,26-27,29-30,37,39,59,62H,3-4,9-10,15-16,21-22,25,28,31-36,38,40-58H2,1-2H3/b7-5-,8-6-,13-11-,14-12-,19-17-,20-18-,24-23-,27-26-,30-29-,39-37-. The lowest BCUT2D eigenvalue weighted by atomic mass is 10.0. The van der Waals surface area contributed by atoms with E-state index in [1.807, 2.05) is 0 Å². The third-order valence-electron chi connectivity index (χ3n) is 11.3. The first-order chi connectivity index (χ1) is 32.6. The van der Waals surface area contributed by atoms with Gasteiger partial charge in [-0.15, -0.1) is 0 Å². The molecule has 1 unspecified atom stereocenters. The van der Waals surface area contributed by atoms with Crippen molar-refractivity contribution in [3.8, 4) is 0 Å². The fourth-order valence-corrected chi connectivity index (χ4v) is 7.26. The summed E-state index contributed by atoms with van der Waals surface area (Å²) in [5.74, 6) is -0.611. The Bertz CT molecular complexity index is 1350. The molecule has 0 aliphatic rings. The third kappa shape index (κ3) is 52.9. The Morgan fingerprint density at radius 3 is 0.909 bits per heavy atom. The van der Waals surface area contributed by atoms with Crippen molar-refractivity contribution in [1.82, 2.24) is 0 Å². The lowest BCUT2D eigenvalue weighted by Gasteiger charge is -2.15. The first kappa shape index (κ1) is 62.3. The lowest BCUT2D eigenvalue weighted by Crippen LogP contribution is -2.28. The van der Waals surface area contributed by atoms with E-state index in [2.05, 4.69) is 135 Å². The highest BCUT2D eigenvalue weighted by molar-refractivity contribution is 5.70. The Morgan fingerprint density at radius 1 is 0.348 bits per heavy atom. The summed E-state index contributed by atoms with van der Waals surface area (Å²) >= 11 is 0. The molecule has 0 heterocycles. The maximum absolute atomic E-state index is 12.3. The van der Waals surface area contributed by atoms with Gasteiger partial charge in [0.15, 0.2) is 6.10 Å². The van der Waals surface area contributed by atoms with Crippen molar-refractivity contribution in [1.29, 1.82) is 0 Å². The Labute approximate surface area is 407 Å². The summed E-state index contributed by atoms with van der Waals surface area (Å²) in [5, 5.41) is 9.64. The molecule has 1 N–H and O–H groups in total. The molecule has 5 heteroatoms. The van der Waals surface area contributed by atoms with Crippen LogP contribution in [0.3, 0.4) is 0 Å². The number of hydrogen-bond donors (Lipinski definition) is 1. The van der Waals surface area contributed by atoms with Gasteiger partial charge in [-0.2, -0.15) is 0 Å². The predicted molar refractivity (Wildman–Crippen MR) is 288 cm³/mol. The van der Waals surface area contributed by atoms with Crippen LogP contribution >= 0.6 is 0 Å². The van der Waals surface area contributed by atoms with Crippen LogP contribution in [0.25, 0.3) is 0 Å². The largest absolute Gasteiger partial charge is 0.462 e. The quantitative estimate of drug-likeness (QED) is 0.0374. The minimum atomic E-state index is -0.786. The molecular formula is C61H100O5. The van der Waals surface area contributed by atoms with Crippen molar-refractivity contribution < 1.29 is 24.2 Å². The fourth-order valence-electron chi connectivity index (χ4n) is 7.26. The third-order valence-corrected chi connectivity index (χ3v) is 11.3. The van der Waals surface area contributed by atoms with Crippen molar-refractivity contribution in [3.05, 3.63) is 122 Å². The number of carbonyl (C=O) groups is 2. The van der Waals surface area contributed by atoms with Crippen LogP contribution < -0.4 is 0 Å².